The molecule has 124 valence electrons. The Morgan fingerprint density at radius 1 is 1.25 bits per heavy atom. The molecule has 0 fully saturated rings. The number of hydrogen-bond donors (Lipinski definition) is 1. The first-order valence-corrected chi connectivity index (χ1v) is 9.11. The maximum absolute atomic E-state index is 12.4. The first-order valence-electron chi connectivity index (χ1n) is 8.29. The van der Waals surface area contributed by atoms with Gasteiger partial charge in [-0.15, -0.1) is 11.3 Å². The van der Waals surface area contributed by atoms with Crippen molar-refractivity contribution >= 4 is 27.9 Å². The van der Waals surface area contributed by atoms with Crippen molar-refractivity contribution < 1.29 is 4.79 Å². The van der Waals surface area contributed by atoms with Crippen LogP contribution >= 0.6 is 11.3 Å². The fourth-order valence-electron chi connectivity index (χ4n) is 3.10. The van der Waals surface area contributed by atoms with Gasteiger partial charge in [0.15, 0.2) is 0 Å². The summed E-state index contributed by atoms with van der Waals surface area (Å²) >= 11 is 1.58. The minimum Gasteiger partial charge on any atom is -0.365 e. The normalized spacial score (nSPS) is 13.5. The SMILES string of the molecule is CN(CC(=O)Nc1sc2c(c1C#N)CCCCC2)c1ccccc1. The summed E-state index contributed by atoms with van der Waals surface area (Å²) in [5.41, 5.74) is 2.83. The summed E-state index contributed by atoms with van der Waals surface area (Å²) in [7, 11) is 1.89. The Morgan fingerprint density at radius 2 is 2.00 bits per heavy atom. The standard InChI is InChI=1S/C19H21N3OS/c1-22(14-8-4-2-5-9-14)13-18(23)21-19-16(12-20)15-10-6-3-7-11-17(15)24-19/h2,4-5,8-9H,3,6-7,10-11,13H2,1H3,(H,21,23). The van der Waals surface area contributed by atoms with Crippen LogP contribution in [0.2, 0.25) is 0 Å². The van der Waals surface area contributed by atoms with Crippen molar-refractivity contribution in [3.8, 4) is 6.07 Å². The molecular formula is C19H21N3OS. The third kappa shape index (κ3) is 3.60. The first-order chi connectivity index (χ1) is 11.7. The fourth-order valence-corrected chi connectivity index (χ4v) is 4.36. The Bertz CT molecular complexity index is 761. The molecule has 1 aliphatic rings. The van der Waals surface area contributed by atoms with Gasteiger partial charge in [0.1, 0.15) is 11.1 Å². The van der Waals surface area contributed by atoms with E-state index >= 15 is 0 Å². The highest BCUT2D eigenvalue weighted by molar-refractivity contribution is 7.16. The molecule has 1 heterocycles. The lowest BCUT2D eigenvalue weighted by Gasteiger charge is -2.18. The van der Waals surface area contributed by atoms with Gasteiger partial charge in [-0.05, 0) is 43.4 Å². The number of aryl methyl sites for hydroxylation is 1. The molecule has 0 aliphatic heterocycles. The fraction of sp³-hybridized carbons (Fsp3) is 0.368. The summed E-state index contributed by atoms with van der Waals surface area (Å²) in [6.45, 7) is 0.261. The van der Waals surface area contributed by atoms with Crippen LogP contribution in [0.25, 0.3) is 0 Å². The summed E-state index contributed by atoms with van der Waals surface area (Å²) in [5.74, 6) is -0.0886. The number of nitrogens with zero attached hydrogens (tertiary/aromatic N) is 2. The number of para-hydroxylation sites is 1. The second kappa shape index (κ2) is 7.50. The lowest BCUT2D eigenvalue weighted by atomic mass is 10.1. The van der Waals surface area contributed by atoms with Crippen LogP contribution in [0.5, 0.6) is 0 Å². The highest BCUT2D eigenvalue weighted by Crippen LogP contribution is 2.36. The second-order valence-electron chi connectivity index (χ2n) is 6.12. The third-order valence-electron chi connectivity index (χ3n) is 4.36. The molecule has 0 unspecified atom stereocenters. The van der Waals surface area contributed by atoms with Gasteiger partial charge in [-0.25, -0.2) is 0 Å². The maximum atomic E-state index is 12.4. The van der Waals surface area contributed by atoms with E-state index in [-0.39, 0.29) is 12.5 Å². The van der Waals surface area contributed by atoms with Gasteiger partial charge in [-0.2, -0.15) is 5.26 Å². The number of likely N-dealkylation sites (N-methyl/N-ethyl adjacent to an activating group) is 1. The Labute approximate surface area is 146 Å². The van der Waals surface area contributed by atoms with Crippen LogP contribution in [-0.2, 0) is 17.6 Å². The van der Waals surface area contributed by atoms with Gasteiger partial charge in [0.2, 0.25) is 5.91 Å². The van der Waals surface area contributed by atoms with Gasteiger partial charge in [0.25, 0.3) is 0 Å². The number of hydrogen-bond acceptors (Lipinski definition) is 4. The molecule has 1 aromatic carbocycles. The van der Waals surface area contributed by atoms with E-state index in [1.54, 1.807) is 11.3 Å². The van der Waals surface area contributed by atoms with Gasteiger partial charge < -0.3 is 10.2 Å². The van der Waals surface area contributed by atoms with Crippen molar-refractivity contribution in [3.05, 3.63) is 46.3 Å². The number of carbonyl (C=O) groups excluding carboxylic acids is 1. The van der Waals surface area contributed by atoms with E-state index in [0.29, 0.717) is 5.56 Å². The summed E-state index contributed by atoms with van der Waals surface area (Å²) in [6, 6.07) is 12.1. The number of benzene rings is 1. The number of fused-ring (bicyclic) bond motifs is 1. The van der Waals surface area contributed by atoms with Crippen molar-refractivity contribution in [2.24, 2.45) is 0 Å². The minimum atomic E-state index is -0.0886. The topological polar surface area (TPSA) is 56.1 Å². The molecule has 1 N–H and O–H groups in total. The van der Waals surface area contributed by atoms with Gasteiger partial charge in [-0.3, -0.25) is 4.79 Å². The van der Waals surface area contributed by atoms with Crippen LogP contribution in [0.15, 0.2) is 30.3 Å². The minimum absolute atomic E-state index is 0.0886. The summed E-state index contributed by atoms with van der Waals surface area (Å²) in [6.07, 6.45) is 5.49. The molecule has 0 atom stereocenters. The largest absolute Gasteiger partial charge is 0.365 e. The van der Waals surface area contributed by atoms with Gasteiger partial charge in [0, 0.05) is 17.6 Å². The zero-order chi connectivity index (χ0) is 16.9. The second-order valence-corrected chi connectivity index (χ2v) is 7.23. The third-order valence-corrected chi connectivity index (χ3v) is 5.57. The predicted molar refractivity (Wildman–Crippen MR) is 98.6 cm³/mol. The number of amides is 1. The molecule has 0 saturated carbocycles. The van der Waals surface area contributed by atoms with Crippen LogP contribution in [0.1, 0.15) is 35.3 Å². The Hall–Kier alpha value is -2.32. The maximum Gasteiger partial charge on any atom is 0.244 e. The van der Waals surface area contributed by atoms with Crippen LogP contribution in [-0.4, -0.2) is 19.5 Å². The molecule has 1 aromatic heterocycles. The van der Waals surface area contributed by atoms with Gasteiger partial charge in [0.05, 0.1) is 12.1 Å². The Balaban J connectivity index is 1.72. The Morgan fingerprint density at radius 3 is 2.75 bits per heavy atom. The molecule has 5 heteroatoms. The zero-order valence-corrected chi connectivity index (χ0v) is 14.7. The van der Waals surface area contributed by atoms with Crippen LogP contribution in [0, 0.1) is 11.3 Å². The first kappa shape index (κ1) is 16.5. The zero-order valence-electron chi connectivity index (χ0n) is 13.8. The molecule has 0 saturated heterocycles. The molecule has 1 amide bonds. The highest BCUT2D eigenvalue weighted by atomic mass is 32.1. The highest BCUT2D eigenvalue weighted by Gasteiger charge is 2.21. The lowest BCUT2D eigenvalue weighted by molar-refractivity contribution is -0.114. The van der Waals surface area contributed by atoms with E-state index in [9.17, 15) is 10.1 Å². The van der Waals surface area contributed by atoms with Crippen LogP contribution < -0.4 is 10.2 Å². The van der Waals surface area contributed by atoms with E-state index < -0.39 is 0 Å². The summed E-state index contributed by atoms with van der Waals surface area (Å²) in [4.78, 5) is 15.6. The van der Waals surface area contributed by atoms with E-state index in [1.807, 2.05) is 42.3 Å². The van der Waals surface area contributed by atoms with Crippen molar-refractivity contribution in [1.82, 2.24) is 0 Å². The van der Waals surface area contributed by atoms with E-state index in [4.69, 9.17) is 0 Å². The van der Waals surface area contributed by atoms with E-state index in [0.717, 1.165) is 35.5 Å². The number of thiophene rings is 1. The van der Waals surface area contributed by atoms with Gasteiger partial charge >= 0.3 is 0 Å². The number of anilines is 2. The predicted octanol–water partition coefficient (Wildman–Crippen LogP) is 3.96. The molecule has 3 rings (SSSR count). The molecule has 0 spiro atoms. The van der Waals surface area contributed by atoms with Gasteiger partial charge in [-0.1, -0.05) is 24.6 Å². The molecule has 24 heavy (non-hydrogen) atoms. The molecule has 1 aliphatic carbocycles. The summed E-state index contributed by atoms with van der Waals surface area (Å²) in [5, 5.41) is 13.2. The Kier molecular flexibility index (Phi) is 5.17. The average molecular weight is 339 g/mol. The van der Waals surface area contributed by atoms with Crippen molar-refractivity contribution in [2.45, 2.75) is 32.1 Å². The van der Waals surface area contributed by atoms with Crippen LogP contribution in [0.4, 0.5) is 10.7 Å². The molecule has 4 nitrogen and oxygen atoms in total. The van der Waals surface area contributed by atoms with Crippen molar-refractivity contribution in [1.29, 1.82) is 5.26 Å². The molecule has 0 radical (unpaired) electrons. The number of nitriles is 1. The van der Waals surface area contributed by atoms with E-state index in [1.165, 1.54) is 17.7 Å². The quantitative estimate of drug-likeness (QED) is 0.858. The summed E-state index contributed by atoms with van der Waals surface area (Å²) < 4.78 is 0. The van der Waals surface area contributed by atoms with E-state index in [2.05, 4.69) is 11.4 Å². The van der Waals surface area contributed by atoms with Crippen molar-refractivity contribution in [3.63, 3.8) is 0 Å². The molecular weight excluding hydrogens is 318 g/mol. The molecule has 0 bridgehead atoms. The molecule has 2 aromatic rings. The number of nitrogens with one attached hydrogen (secondary N) is 1. The van der Waals surface area contributed by atoms with Crippen LogP contribution in [0.3, 0.4) is 0 Å². The lowest BCUT2D eigenvalue weighted by Crippen LogP contribution is -2.29. The average Bonchev–Trinajstić information content (AvgIpc) is 2.75. The number of rotatable bonds is 4. The smallest absolute Gasteiger partial charge is 0.244 e. The number of carbonyl (C=O) groups is 1. The monoisotopic (exact) mass is 339 g/mol. The van der Waals surface area contributed by atoms with Crippen molar-refractivity contribution in [2.75, 3.05) is 23.8 Å².